The molecule has 16 heteroatoms. The van der Waals surface area contributed by atoms with Gasteiger partial charge in [0.05, 0.1) is 30.7 Å². The van der Waals surface area contributed by atoms with Gasteiger partial charge in [-0.25, -0.2) is 9.59 Å². The van der Waals surface area contributed by atoms with Crippen LogP contribution in [0.4, 0.5) is 9.59 Å². The van der Waals surface area contributed by atoms with E-state index in [2.05, 4.69) is 0 Å². The number of hydrogen-bond acceptors (Lipinski definition) is 13. The van der Waals surface area contributed by atoms with Crippen LogP contribution in [0.2, 0.25) is 0 Å². The Morgan fingerprint density at radius 2 is 1.63 bits per heavy atom. The Labute approximate surface area is 263 Å². The number of carbonyl (C=O) groups excluding carboxylic acids is 7. The van der Waals surface area contributed by atoms with Gasteiger partial charge in [0.2, 0.25) is 18.4 Å². The van der Waals surface area contributed by atoms with Gasteiger partial charge in [-0.05, 0) is 38.5 Å². The fourth-order valence-electron chi connectivity index (χ4n) is 7.71. The second-order valence-electron chi connectivity index (χ2n) is 12.1. The van der Waals surface area contributed by atoms with Crippen molar-refractivity contribution in [2.45, 2.75) is 50.4 Å². The van der Waals surface area contributed by atoms with E-state index in [1.54, 1.807) is 4.90 Å². The lowest BCUT2D eigenvalue weighted by atomic mass is 9.82. The number of nitrogens with two attached hydrogens (primary N) is 1. The second-order valence-corrected chi connectivity index (χ2v) is 12.1. The smallest absolute Gasteiger partial charge is 0.413 e. The lowest BCUT2D eigenvalue weighted by Gasteiger charge is -2.40. The van der Waals surface area contributed by atoms with Gasteiger partial charge in [0.25, 0.3) is 11.8 Å². The monoisotopic (exact) mass is 642 g/mol. The van der Waals surface area contributed by atoms with E-state index in [1.807, 2.05) is 0 Å². The van der Waals surface area contributed by atoms with Gasteiger partial charge in [0.15, 0.2) is 11.5 Å². The zero-order valence-electron chi connectivity index (χ0n) is 25.5. The molecular formula is C30H34N4O12. The number of Topliss-reactive ketones (excluding diaryl/α,β-unsaturated/α-hetero) is 2. The number of ether oxygens (including phenoxy) is 5. The predicted octanol–water partition coefficient (Wildman–Crippen LogP) is 0.118. The molecular weight excluding hydrogens is 608 g/mol. The first-order chi connectivity index (χ1) is 22.0. The minimum atomic E-state index is -1.45. The third-order valence-corrected chi connectivity index (χ3v) is 9.91. The highest BCUT2D eigenvalue weighted by Crippen LogP contribution is 2.60. The summed E-state index contributed by atoms with van der Waals surface area (Å²) in [5.41, 5.74) is 4.05. The highest BCUT2D eigenvalue weighted by atomic mass is 16.7. The number of primary amides is 1. The van der Waals surface area contributed by atoms with Crippen molar-refractivity contribution in [1.82, 2.24) is 14.7 Å². The molecule has 246 valence electrons. The maximum absolute atomic E-state index is 13.5. The molecule has 4 heterocycles. The molecule has 2 aliphatic carbocycles. The van der Waals surface area contributed by atoms with E-state index in [0.29, 0.717) is 32.2 Å². The molecule has 16 nitrogen and oxygen atoms in total. The number of esters is 1. The standard InChI is InChI=1S/C30H34N4O12/c1-14-23(37)22-21(24(38)25(14)42-2)17(12-44-28(31)40)30(43-3)26-18(11-33(22)30)34(26)29(41)46-13-45-27(39)16-6-4-15(5-7-16)10-32-19(35)8-9-20(32)36/h8-9,15-18,26H,4-7,10-13H2,1-3H3,(H2,31,40)/t15?,16?,17-,18+,26+,30-,34?/m1/s1. The minimum Gasteiger partial charge on any atom is -0.492 e. The van der Waals surface area contributed by atoms with Crippen LogP contribution >= 0.6 is 0 Å². The van der Waals surface area contributed by atoms with Crippen LogP contribution in [-0.4, -0.2) is 115 Å². The molecule has 1 saturated carbocycles. The van der Waals surface area contributed by atoms with Crippen LogP contribution in [0.3, 0.4) is 0 Å². The second kappa shape index (κ2) is 11.6. The first kappa shape index (κ1) is 31.3. The number of allylic oxidation sites excluding steroid dienone is 2. The number of rotatable bonds is 9. The molecule has 0 spiro atoms. The fraction of sp³-hybridized carbons (Fsp3) is 0.567. The van der Waals surface area contributed by atoms with Gasteiger partial charge in [-0.3, -0.25) is 33.8 Å². The Kier molecular flexibility index (Phi) is 7.86. The third-order valence-electron chi connectivity index (χ3n) is 9.91. The Morgan fingerprint density at radius 3 is 2.24 bits per heavy atom. The van der Waals surface area contributed by atoms with Gasteiger partial charge in [-0.15, -0.1) is 0 Å². The lowest BCUT2D eigenvalue weighted by molar-refractivity contribution is -0.160. The van der Waals surface area contributed by atoms with Crippen LogP contribution in [0, 0.1) is 17.8 Å². The Balaban J connectivity index is 1.06. The summed E-state index contributed by atoms with van der Waals surface area (Å²) in [7, 11) is 2.65. The summed E-state index contributed by atoms with van der Waals surface area (Å²) in [6, 6.07) is -1.16. The SMILES string of the molecule is COC1=C(C)C(=O)C2=C(C1=O)[C@@H](COC(N)=O)[C@@]1(OC)[C@@H]3[C@H](CN21)N3C(=O)OCOC(=O)C1CCC(CN2C(=O)C=CC2=O)CC1. The van der Waals surface area contributed by atoms with Crippen molar-refractivity contribution in [1.29, 1.82) is 0 Å². The van der Waals surface area contributed by atoms with E-state index in [0.717, 1.165) is 0 Å². The zero-order valence-corrected chi connectivity index (χ0v) is 25.5. The Hall–Kier alpha value is -4.73. The molecule has 0 aromatic heterocycles. The van der Waals surface area contributed by atoms with Gasteiger partial charge in [-0.2, -0.15) is 0 Å². The number of fused-ring (bicyclic) bond motifs is 4. The zero-order chi connectivity index (χ0) is 33.1. The van der Waals surface area contributed by atoms with E-state index in [4.69, 9.17) is 29.4 Å². The highest BCUT2D eigenvalue weighted by Gasteiger charge is 2.78. The topological polar surface area (TPSA) is 201 Å². The molecule has 0 unspecified atom stereocenters. The first-order valence-corrected chi connectivity index (χ1v) is 14.9. The van der Waals surface area contributed by atoms with Crippen molar-refractivity contribution in [3.63, 3.8) is 0 Å². The summed E-state index contributed by atoms with van der Waals surface area (Å²) in [4.78, 5) is 92.2. The van der Waals surface area contributed by atoms with Crippen LogP contribution in [0.25, 0.3) is 0 Å². The minimum absolute atomic E-state index is 0.0492. The molecule has 0 aromatic rings. The number of methoxy groups -OCH3 is 2. The van der Waals surface area contributed by atoms with Crippen LogP contribution in [0.1, 0.15) is 32.6 Å². The van der Waals surface area contributed by atoms with Crippen molar-refractivity contribution in [3.05, 3.63) is 34.8 Å². The van der Waals surface area contributed by atoms with Gasteiger partial charge in [-0.1, -0.05) is 0 Å². The van der Waals surface area contributed by atoms with E-state index in [-0.39, 0.29) is 46.9 Å². The molecule has 0 aromatic carbocycles. The normalized spacial score (nSPS) is 31.3. The molecule has 0 radical (unpaired) electrons. The summed E-state index contributed by atoms with van der Waals surface area (Å²) in [5, 5.41) is 0. The van der Waals surface area contributed by atoms with Crippen molar-refractivity contribution in [2.24, 2.45) is 23.5 Å². The largest absolute Gasteiger partial charge is 0.492 e. The van der Waals surface area contributed by atoms with Crippen molar-refractivity contribution < 1.29 is 57.2 Å². The number of imide groups is 1. The molecule has 0 bridgehead atoms. The molecule has 6 aliphatic rings. The van der Waals surface area contributed by atoms with Crippen LogP contribution < -0.4 is 5.73 Å². The van der Waals surface area contributed by atoms with Gasteiger partial charge < -0.3 is 34.3 Å². The molecule has 6 rings (SSSR count). The number of hydrogen-bond donors (Lipinski definition) is 1. The molecule has 2 saturated heterocycles. The Bertz CT molecular complexity index is 1510. The summed E-state index contributed by atoms with van der Waals surface area (Å²) >= 11 is 0. The van der Waals surface area contributed by atoms with Crippen molar-refractivity contribution >= 4 is 41.5 Å². The number of amides is 4. The van der Waals surface area contributed by atoms with E-state index in [9.17, 15) is 33.6 Å². The van der Waals surface area contributed by atoms with Crippen LogP contribution in [0.5, 0.6) is 0 Å². The number of nitrogens with zero attached hydrogens (tertiary/aromatic N) is 3. The number of piperazine rings is 1. The molecule has 3 fully saturated rings. The van der Waals surface area contributed by atoms with E-state index >= 15 is 0 Å². The summed E-state index contributed by atoms with van der Waals surface area (Å²) in [6.07, 6.45) is 2.89. The van der Waals surface area contributed by atoms with E-state index in [1.165, 1.54) is 43.1 Å². The van der Waals surface area contributed by atoms with Crippen molar-refractivity contribution in [2.75, 3.05) is 40.7 Å². The van der Waals surface area contributed by atoms with Crippen LogP contribution in [0.15, 0.2) is 34.8 Å². The highest BCUT2D eigenvalue weighted by molar-refractivity contribution is 6.25. The molecule has 4 aliphatic heterocycles. The fourth-order valence-corrected chi connectivity index (χ4v) is 7.71. The lowest BCUT2D eigenvalue weighted by Crippen LogP contribution is -2.56. The molecule has 4 amide bonds. The van der Waals surface area contributed by atoms with Gasteiger partial charge in [0, 0.05) is 43.5 Å². The average molecular weight is 643 g/mol. The summed E-state index contributed by atoms with van der Waals surface area (Å²) in [6.45, 7) is 0.889. The number of carbonyl (C=O) groups is 7. The molecule has 2 N–H and O–H groups in total. The molecule has 46 heavy (non-hydrogen) atoms. The van der Waals surface area contributed by atoms with Crippen LogP contribution in [-0.2, 0) is 47.7 Å². The quantitative estimate of drug-likeness (QED) is 0.117. The third kappa shape index (κ3) is 4.73. The Morgan fingerprint density at radius 1 is 0.957 bits per heavy atom. The van der Waals surface area contributed by atoms with Gasteiger partial charge >= 0.3 is 18.2 Å². The molecule has 4 atom stereocenters. The summed E-state index contributed by atoms with van der Waals surface area (Å²) in [5.74, 6) is -3.62. The van der Waals surface area contributed by atoms with E-state index < -0.39 is 72.8 Å². The maximum atomic E-state index is 13.5. The predicted molar refractivity (Wildman–Crippen MR) is 150 cm³/mol. The van der Waals surface area contributed by atoms with Crippen molar-refractivity contribution in [3.8, 4) is 0 Å². The van der Waals surface area contributed by atoms with Gasteiger partial charge in [0.1, 0.15) is 12.6 Å². The number of ketones is 2. The average Bonchev–Trinajstić information content (AvgIpc) is 3.38. The first-order valence-electron chi connectivity index (χ1n) is 14.9. The maximum Gasteiger partial charge on any atom is 0.413 e. The summed E-state index contributed by atoms with van der Waals surface area (Å²) < 4.78 is 26.9.